The topological polar surface area (TPSA) is 119 Å². The molecule has 0 aliphatic carbocycles. The zero-order chi connectivity index (χ0) is 20.3. The minimum atomic E-state index is -1.09. The molecule has 9 nitrogen and oxygen atoms in total. The first-order valence-electron chi connectivity index (χ1n) is 9.17. The van der Waals surface area contributed by atoms with Crippen molar-refractivity contribution in [1.29, 1.82) is 0 Å². The Labute approximate surface area is 166 Å². The zero-order valence-corrected chi connectivity index (χ0v) is 16.8. The normalized spacial score (nSPS) is 15.3. The average molecular weight is 404 g/mol. The van der Waals surface area contributed by atoms with Crippen LogP contribution < -0.4 is 16.2 Å². The third-order valence-corrected chi connectivity index (χ3v) is 5.84. The first-order valence-corrected chi connectivity index (χ1v) is 10.2. The van der Waals surface area contributed by atoms with Gasteiger partial charge < -0.3 is 15.7 Å². The summed E-state index contributed by atoms with van der Waals surface area (Å²) in [4.78, 5) is 35.3. The van der Waals surface area contributed by atoms with E-state index in [4.69, 9.17) is 10.8 Å². The van der Waals surface area contributed by atoms with E-state index >= 15 is 0 Å². The van der Waals surface area contributed by atoms with Crippen molar-refractivity contribution in [2.75, 3.05) is 23.7 Å². The molecule has 0 saturated carbocycles. The Balaban J connectivity index is 2.06. The molecule has 1 atom stereocenters. The maximum absolute atomic E-state index is 13.0. The maximum atomic E-state index is 13.0. The number of carboxylic acid groups (broad SMARTS) is 1. The Morgan fingerprint density at radius 1 is 1.32 bits per heavy atom. The van der Waals surface area contributed by atoms with Crippen LogP contribution in [0.3, 0.4) is 0 Å². The predicted octanol–water partition coefficient (Wildman–Crippen LogP) is 0.648. The van der Waals surface area contributed by atoms with E-state index in [2.05, 4.69) is 26.7 Å². The molecule has 0 aromatic carbocycles. The van der Waals surface area contributed by atoms with Crippen molar-refractivity contribution in [2.45, 2.75) is 43.9 Å². The molecule has 0 bridgehead atoms. The lowest BCUT2D eigenvalue weighted by Gasteiger charge is -2.27. The second-order valence-electron chi connectivity index (χ2n) is 6.66. The van der Waals surface area contributed by atoms with Crippen molar-refractivity contribution < 1.29 is 9.90 Å². The molecule has 1 fully saturated rings. The van der Waals surface area contributed by atoms with Gasteiger partial charge in [-0.3, -0.25) is 18.7 Å². The van der Waals surface area contributed by atoms with Crippen LogP contribution in [0, 0.1) is 11.8 Å². The number of fused-ring (bicyclic) bond motifs is 1. The molecule has 1 aliphatic heterocycles. The number of aliphatic carboxylic acids is 1. The Kier molecular flexibility index (Phi) is 6.26. The molecule has 2 aromatic rings. The molecule has 0 amide bonds. The average Bonchev–Trinajstić information content (AvgIpc) is 3.06. The van der Waals surface area contributed by atoms with E-state index in [-0.39, 0.29) is 11.3 Å². The zero-order valence-electron chi connectivity index (χ0n) is 16.0. The molecular formula is C18H24N6O3S. The second kappa shape index (κ2) is 8.67. The maximum Gasteiger partial charge on any atom is 0.321 e. The first-order chi connectivity index (χ1) is 13.4. The third-order valence-electron chi connectivity index (χ3n) is 4.69. The lowest BCUT2D eigenvalue weighted by Crippen LogP contribution is -2.33. The fraction of sp³-hybridized carbons (Fsp3) is 0.556. The Morgan fingerprint density at radius 2 is 2.04 bits per heavy atom. The predicted molar refractivity (Wildman–Crippen MR) is 109 cm³/mol. The number of anilines is 1. The molecule has 3 rings (SSSR count). The summed E-state index contributed by atoms with van der Waals surface area (Å²) in [5.41, 5.74) is 6.11. The number of imidazole rings is 1. The number of thioether (sulfide) groups is 1. The number of hydrogen-bond acceptors (Lipinski definition) is 7. The minimum Gasteiger partial charge on any atom is -0.480 e. The lowest BCUT2D eigenvalue weighted by molar-refractivity contribution is -0.137. The van der Waals surface area contributed by atoms with Crippen molar-refractivity contribution in [1.82, 2.24) is 19.1 Å². The number of aromatic nitrogens is 4. The molecule has 10 heteroatoms. The van der Waals surface area contributed by atoms with Crippen LogP contribution in [0.2, 0.25) is 0 Å². The standard InChI is InChI=1S/C18H24N6O3S/c1-3-4-10-24-13-14(20-17(24)23-8-6-5-7-9-23)21-18(22(2)15(13)25)28-11-12(19)16(26)27/h12H,5-11,19H2,1-2H3,(H,26,27)/t12-/m0/s1. The van der Waals surface area contributed by atoms with Gasteiger partial charge in [-0.15, -0.1) is 5.92 Å². The Morgan fingerprint density at radius 3 is 2.68 bits per heavy atom. The van der Waals surface area contributed by atoms with Gasteiger partial charge in [0, 0.05) is 25.9 Å². The van der Waals surface area contributed by atoms with Gasteiger partial charge in [-0.25, -0.2) is 4.98 Å². The van der Waals surface area contributed by atoms with Gasteiger partial charge in [-0.2, -0.15) is 4.98 Å². The van der Waals surface area contributed by atoms with Crippen LogP contribution in [0.1, 0.15) is 26.2 Å². The molecule has 0 spiro atoms. The molecule has 28 heavy (non-hydrogen) atoms. The lowest BCUT2D eigenvalue weighted by atomic mass is 10.1. The number of rotatable bonds is 6. The number of nitrogens with zero attached hydrogens (tertiary/aromatic N) is 5. The molecule has 2 aromatic heterocycles. The number of hydrogen-bond donors (Lipinski definition) is 2. The van der Waals surface area contributed by atoms with Crippen molar-refractivity contribution in [2.24, 2.45) is 12.8 Å². The van der Waals surface area contributed by atoms with Gasteiger partial charge in [-0.1, -0.05) is 17.7 Å². The van der Waals surface area contributed by atoms with Gasteiger partial charge >= 0.3 is 5.97 Å². The van der Waals surface area contributed by atoms with E-state index in [0.717, 1.165) is 37.7 Å². The van der Waals surface area contributed by atoms with Crippen molar-refractivity contribution in [3.63, 3.8) is 0 Å². The van der Waals surface area contributed by atoms with E-state index in [9.17, 15) is 9.59 Å². The van der Waals surface area contributed by atoms with Crippen molar-refractivity contribution in [3.8, 4) is 11.8 Å². The van der Waals surface area contributed by atoms with Gasteiger partial charge in [0.25, 0.3) is 5.56 Å². The highest BCUT2D eigenvalue weighted by Crippen LogP contribution is 2.24. The molecule has 3 N–H and O–H groups in total. The van der Waals surface area contributed by atoms with Crippen LogP contribution >= 0.6 is 11.8 Å². The van der Waals surface area contributed by atoms with Gasteiger partial charge in [-0.05, 0) is 26.2 Å². The summed E-state index contributed by atoms with van der Waals surface area (Å²) < 4.78 is 3.25. The second-order valence-corrected chi connectivity index (χ2v) is 7.65. The highest BCUT2D eigenvalue weighted by Gasteiger charge is 2.23. The van der Waals surface area contributed by atoms with E-state index in [1.807, 2.05) is 4.57 Å². The molecule has 0 radical (unpaired) electrons. The number of nitrogens with two attached hydrogens (primary N) is 1. The van der Waals surface area contributed by atoms with Crippen LogP contribution in [0.4, 0.5) is 5.95 Å². The van der Waals surface area contributed by atoms with Crippen molar-refractivity contribution in [3.05, 3.63) is 10.4 Å². The fourth-order valence-electron chi connectivity index (χ4n) is 3.14. The van der Waals surface area contributed by atoms with Gasteiger partial charge in [0.2, 0.25) is 5.95 Å². The molecule has 3 heterocycles. The van der Waals surface area contributed by atoms with Crippen LogP contribution in [0.25, 0.3) is 11.2 Å². The van der Waals surface area contributed by atoms with E-state index in [0.29, 0.717) is 28.8 Å². The SMILES string of the molecule is CC#CCn1c(N2CCCCC2)nc2nc(SC[C@H](N)C(=O)O)n(C)c(=O)c21. The third kappa shape index (κ3) is 4.00. The fourth-order valence-corrected chi connectivity index (χ4v) is 4.04. The number of piperidine rings is 1. The largest absolute Gasteiger partial charge is 0.480 e. The smallest absolute Gasteiger partial charge is 0.321 e. The monoisotopic (exact) mass is 404 g/mol. The molecule has 1 saturated heterocycles. The number of carboxylic acids is 1. The summed E-state index contributed by atoms with van der Waals surface area (Å²) in [6.45, 7) is 3.90. The summed E-state index contributed by atoms with van der Waals surface area (Å²) in [6.07, 6.45) is 3.36. The Hall–Kier alpha value is -2.51. The summed E-state index contributed by atoms with van der Waals surface area (Å²) >= 11 is 1.14. The molecule has 150 valence electrons. The molecule has 1 aliphatic rings. The van der Waals surface area contributed by atoms with Gasteiger partial charge in [0.1, 0.15) is 6.04 Å². The van der Waals surface area contributed by atoms with Crippen LogP contribution in [0.5, 0.6) is 0 Å². The first kappa shape index (κ1) is 20.2. The Bertz CT molecular complexity index is 997. The number of carbonyl (C=O) groups is 1. The van der Waals surface area contributed by atoms with Crippen LogP contribution in [-0.2, 0) is 18.4 Å². The van der Waals surface area contributed by atoms with Crippen LogP contribution in [-0.4, -0.2) is 55.1 Å². The summed E-state index contributed by atoms with van der Waals surface area (Å²) in [7, 11) is 1.62. The van der Waals surface area contributed by atoms with E-state index < -0.39 is 12.0 Å². The quantitative estimate of drug-likeness (QED) is 0.409. The summed E-state index contributed by atoms with van der Waals surface area (Å²) in [5.74, 6) is 5.63. The highest BCUT2D eigenvalue weighted by atomic mass is 32.2. The van der Waals surface area contributed by atoms with Gasteiger partial charge in [0.15, 0.2) is 16.3 Å². The minimum absolute atomic E-state index is 0.113. The molecular weight excluding hydrogens is 380 g/mol. The van der Waals surface area contributed by atoms with E-state index in [1.54, 1.807) is 14.0 Å². The summed E-state index contributed by atoms with van der Waals surface area (Å²) in [6, 6.07) is -1.03. The van der Waals surface area contributed by atoms with E-state index in [1.165, 1.54) is 11.0 Å². The van der Waals surface area contributed by atoms with Gasteiger partial charge in [0.05, 0.1) is 6.54 Å². The van der Waals surface area contributed by atoms with Crippen LogP contribution in [0.15, 0.2) is 9.95 Å². The summed E-state index contributed by atoms with van der Waals surface area (Å²) in [5, 5.41) is 9.35. The molecule has 0 unspecified atom stereocenters. The van der Waals surface area contributed by atoms with Crippen molar-refractivity contribution >= 4 is 34.8 Å². The highest BCUT2D eigenvalue weighted by molar-refractivity contribution is 7.99.